The van der Waals surface area contributed by atoms with Crippen LogP contribution in [0.5, 0.6) is 0 Å². The van der Waals surface area contributed by atoms with Gasteiger partial charge >= 0.3 is 0 Å². The molecular weight excluding hydrogens is 293 g/mol. The predicted molar refractivity (Wildman–Crippen MR) is 74.0 cm³/mol. The van der Waals surface area contributed by atoms with E-state index in [9.17, 15) is 4.39 Å². The SMILES string of the molecule is N#C/C(=C/c1ccccc1Br)c1ccccc1F. The molecule has 0 bridgehead atoms. The van der Waals surface area contributed by atoms with Crippen LogP contribution in [0.3, 0.4) is 0 Å². The van der Waals surface area contributed by atoms with Crippen LogP contribution in [0.15, 0.2) is 53.0 Å². The fourth-order valence-corrected chi connectivity index (χ4v) is 2.00. The maximum Gasteiger partial charge on any atom is 0.131 e. The van der Waals surface area contributed by atoms with Crippen LogP contribution >= 0.6 is 15.9 Å². The lowest BCUT2D eigenvalue weighted by molar-refractivity contribution is 0.624. The summed E-state index contributed by atoms with van der Waals surface area (Å²) in [4.78, 5) is 0. The van der Waals surface area contributed by atoms with Crippen molar-refractivity contribution in [1.82, 2.24) is 0 Å². The number of nitriles is 1. The summed E-state index contributed by atoms with van der Waals surface area (Å²) in [6, 6.07) is 15.8. The van der Waals surface area contributed by atoms with Crippen LogP contribution in [-0.2, 0) is 0 Å². The average Bonchev–Trinajstić information content (AvgIpc) is 2.39. The van der Waals surface area contributed by atoms with E-state index >= 15 is 0 Å². The Kier molecular flexibility index (Phi) is 3.91. The van der Waals surface area contributed by atoms with Crippen LogP contribution in [0.25, 0.3) is 11.6 Å². The first-order valence-electron chi connectivity index (χ1n) is 5.33. The predicted octanol–water partition coefficient (Wildman–Crippen LogP) is 4.65. The Morgan fingerprint density at radius 2 is 1.78 bits per heavy atom. The van der Waals surface area contributed by atoms with E-state index in [2.05, 4.69) is 15.9 Å². The molecule has 18 heavy (non-hydrogen) atoms. The van der Waals surface area contributed by atoms with Gasteiger partial charge in [0.05, 0.1) is 11.6 Å². The van der Waals surface area contributed by atoms with Gasteiger partial charge in [-0.3, -0.25) is 0 Å². The number of hydrogen-bond donors (Lipinski definition) is 0. The van der Waals surface area contributed by atoms with E-state index in [1.807, 2.05) is 30.3 Å². The second-order valence-electron chi connectivity index (χ2n) is 3.67. The van der Waals surface area contributed by atoms with Gasteiger partial charge in [0.15, 0.2) is 0 Å². The molecule has 2 rings (SSSR count). The Hall–Kier alpha value is -1.92. The highest BCUT2D eigenvalue weighted by atomic mass is 79.9. The van der Waals surface area contributed by atoms with Crippen molar-refractivity contribution in [2.45, 2.75) is 0 Å². The van der Waals surface area contributed by atoms with Gasteiger partial charge in [0.25, 0.3) is 0 Å². The molecule has 2 aromatic rings. The zero-order valence-electron chi connectivity index (χ0n) is 9.40. The number of rotatable bonds is 2. The van der Waals surface area contributed by atoms with E-state index in [1.54, 1.807) is 24.3 Å². The Labute approximate surface area is 113 Å². The van der Waals surface area contributed by atoms with Crippen molar-refractivity contribution in [3.05, 3.63) is 69.9 Å². The van der Waals surface area contributed by atoms with Crippen LogP contribution in [0, 0.1) is 17.1 Å². The molecule has 0 atom stereocenters. The molecule has 0 aliphatic carbocycles. The van der Waals surface area contributed by atoms with E-state index in [1.165, 1.54) is 6.07 Å². The van der Waals surface area contributed by atoms with Gasteiger partial charge in [0.1, 0.15) is 5.82 Å². The van der Waals surface area contributed by atoms with E-state index in [-0.39, 0.29) is 0 Å². The topological polar surface area (TPSA) is 23.8 Å². The largest absolute Gasteiger partial charge is 0.206 e. The minimum atomic E-state index is -0.391. The number of benzene rings is 2. The lowest BCUT2D eigenvalue weighted by Gasteiger charge is -2.02. The molecule has 0 amide bonds. The zero-order chi connectivity index (χ0) is 13.0. The van der Waals surface area contributed by atoms with Gasteiger partial charge in [-0.2, -0.15) is 5.26 Å². The maximum absolute atomic E-state index is 13.6. The molecule has 88 valence electrons. The molecule has 0 heterocycles. The minimum absolute atomic E-state index is 0.306. The summed E-state index contributed by atoms with van der Waals surface area (Å²) in [6.45, 7) is 0. The van der Waals surface area contributed by atoms with Crippen molar-refractivity contribution in [3.8, 4) is 6.07 Å². The Morgan fingerprint density at radius 3 is 2.44 bits per heavy atom. The molecule has 0 N–H and O–H groups in total. The summed E-state index contributed by atoms with van der Waals surface area (Å²) in [6.07, 6.45) is 1.67. The molecule has 0 fully saturated rings. The number of halogens is 2. The first kappa shape index (κ1) is 12.5. The number of hydrogen-bond acceptors (Lipinski definition) is 1. The van der Waals surface area contributed by atoms with E-state index in [4.69, 9.17) is 5.26 Å². The van der Waals surface area contributed by atoms with Crippen molar-refractivity contribution in [1.29, 1.82) is 5.26 Å². The van der Waals surface area contributed by atoms with Crippen molar-refractivity contribution in [2.75, 3.05) is 0 Å². The van der Waals surface area contributed by atoms with Crippen LogP contribution in [-0.4, -0.2) is 0 Å². The van der Waals surface area contributed by atoms with Crippen LogP contribution < -0.4 is 0 Å². The van der Waals surface area contributed by atoms with Gasteiger partial charge in [0, 0.05) is 10.0 Å². The zero-order valence-corrected chi connectivity index (χ0v) is 11.0. The highest BCUT2D eigenvalue weighted by Crippen LogP contribution is 2.24. The minimum Gasteiger partial charge on any atom is -0.206 e. The fraction of sp³-hybridized carbons (Fsp3) is 0. The number of allylic oxidation sites excluding steroid dienone is 1. The Bertz CT molecular complexity index is 641. The third kappa shape index (κ3) is 2.66. The van der Waals surface area contributed by atoms with Crippen LogP contribution in [0.4, 0.5) is 4.39 Å². The van der Waals surface area contributed by atoms with E-state index in [0.717, 1.165) is 10.0 Å². The van der Waals surface area contributed by atoms with Gasteiger partial charge in [-0.1, -0.05) is 52.3 Å². The Morgan fingerprint density at radius 1 is 1.11 bits per heavy atom. The average molecular weight is 302 g/mol. The van der Waals surface area contributed by atoms with Crippen LogP contribution in [0.1, 0.15) is 11.1 Å². The smallest absolute Gasteiger partial charge is 0.131 e. The van der Waals surface area contributed by atoms with Crippen LogP contribution in [0.2, 0.25) is 0 Å². The molecule has 0 saturated heterocycles. The van der Waals surface area contributed by atoms with Gasteiger partial charge in [-0.05, 0) is 23.8 Å². The standard InChI is InChI=1S/C15H9BrFN/c16-14-7-3-1-5-11(14)9-12(10-18)13-6-2-4-8-15(13)17/h1-9H/b12-9-. The maximum atomic E-state index is 13.6. The molecular formula is C15H9BrFN. The summed E-state index contributed by atoms with van der Waals surface area (Å²) in [5, 5.41) is 9.16. The van der Waals surface area contributed by atoms with E-state index in [0.29, 0.717) is 11.1 Å². The second kappa shape index (κ2) is 5.61. The second-order valence-corrected chi connectivity index (χ2v) is 4.53. The molecule has 0 aromatic heterocycles. The quantitative estimate of drug-likeness (QED) is 0.585. The normalized spacial score (nSPS) is 11.1. The third-order valence-corrected chi connectivity index (χ3v) is 3.21. The van der Waals surface area contributed by atoms with Crippen molar-refractivity contribution >= 4 is 27.6 Å². The molecule has 0 spiro atoms. The first-order valence-corrected chi connectivity index (χ1v) is 6.13. The number of nitrogens with zero attached hydrogens (tertiary/aromatic N) is 1. The summed E-state index contributed by atoms with van der Waals surface area (Å²) in [5.41, 5.74) is 1.47. The fourth-order valence-electron chi connectivity index (χ4n) is 1.60. The molecule has 0 saturated carbocycles. The third-order valence-electron chi connectivity index (χ3n) is 2.49. The molecule has 0 aliphatic heterocycles. The summed E-state index contributed by atoms with van der Waals surface area (Å²) < 4.78 is 14.5. The van der Waals surface area contributed by atoms with E-state index < -0.39 is 5.82 Å². The van der Waals surface area contributed by atoms with Crippen molar-refractivity contribution in [2.24, 2.45) is 0 Å². The highest BCUT2D eigenvalue weighted by molar-refractivity contribution is 9.10. The summed E-state index contributed by atoms with van der Waals surface area (Å²) >= 11 is 3.40. The van der Waals surface area contributed by atoms with Crippen molar-refractivity contribution in [3.63, 3.8) is 0 Å². The van der Waals surface area contributed by atoms with Crippen molar-refractivity contribution < 1.29 is 4.39 Å². The molecule has 0 radical (unpaired) electrons. The lowest BCUT2D eigenvalue weighted by Crippen LogP contribution is -1.87. The first-order chi connectivity index (χ1) is 8.72. The summed E-state index contributed by atoms with van der Waals surface area (Å²) in [5.74, 6) is -0.391. The summed E-state index contributed by atoms with van der Waals surface area (Å²) in [7, 11) is 0. The van der Waals surface area contributed by atoms with Gasteiger partial charge in [-0.25, -0.2) is 4.39 Å². The van der Waals surface area contributed by atoms with Gasteiger partial charge in [0.2, 0.25) is 0 Å². The lowest BCUT2D eigenvalue weighted by atomic mass is 10.0. The Balaban J connectivity index is 2.52. The monoisotopic (exact) mass is 301 g/mol. The molecule has 2 aromatic carbocycles. The highest BCUT2D eigenvalue weighted by Gasteiger charge is 2.07. The molecule has 3 heteroatoms. The molecule has 0 unspecified atom stereocenters. The van der Waals surface area contributed by atoms with Gasteiger partial charge < -0.3 is 0 Å². The molecule has 1 nitrogen and oxygen atoms in total. The van der Waals surface area contributed by atoms with Gasteiger partial charge in [-0.15, -0.1) is 0 Å². The molecule has 0 aliphatic rings.